The summed E-state index contributed by atoms with van der Waals surface area (Å²) in [4.78, 5) is 14.9. The van der Waals surface area contributed by atoms with Gasteiger partial charge in [0.25, 0.3) is 0 Å². The zero-order valence-electron chi connectivity index (χ0n) is 45.1. The van der Waals surface area contributed by atoms with Crippen LogP contribution in [0.15, 0.2) is 224 Å². The van der Waals surface area contributed by atoms with Gasteiger partial charge in [-0.1, -0.05) is 208 Å². The lowest BCUT2D eigenvalue weighted by atomic mass is 9.50. The smallest absolute Gasteiger partial charge is 0.328 e. The molecule has 0 N–H and O–H groups in total. The number of para-hydroxylation sites is 1. The summed E-state index contributed by atoms with van der Waals surface area (Å²) in [6.45, 7) is 18.4. The molecule has 2 atom stereocenters. The highest BCUT2D eigenvalue weighted by Gasteiger charge is 2.38. The van der Waals surface area contributed by atoms with E-state index >= 15 is 0 Å². The molecule has 0 fully saturated rings. The molecule has 1 aliphatic heterocycles. The minimum Gasteiger partial charge on any atom is -0.493 e. The van der Waals surface area contributed by atoms with Crippen molar-refractivity contribution in [2.24, 2.45) is 16.8 Å². The summed E-state index contributed by atoms with van der Waals surface area (Å²) in [6.07, 6.45) is 4.21. The normalized spacial score (nSPS) is 13.3. The molecule has 11 rings (SSSR count). The van der Waals surface area contributed by atoms with Crippen molar-refractivity contribution < 1.29 is 9.47 Å². The number of hydrogen-bond donors (Lipinski definition) is 0. The first-order valence-corrected chi connectivity index (χ1v) is 27.5. The Labute approximate surface area is 464 Å². The molecule has 10 heteroatoms. The molecule has 0 bridgehead atoms. The third-order valence-corrected chi connectivity index (χ3v) is 15.3. The van der Waals surface area contributed by atoms with Gasteiger partial charge in [0.1, 0.15) is 17.6 Å². The number of nitrogens with zero attached hydrogens (tertiary/aromatic N) is 6. The average molecular weight is 1030 g/mol. The molecule has 0 spiro atoms. The van der Waals surface area contributed by atoms with Gasteiger partial charge in [0.15, 0.2) is 0 Å². The van der Waals surface area contributed by atoms with Crippen molar-refractivity contribution in [2.45, 2.75) is 47.0 Å². The van der Waals surface area contributed by atoms with Gasteiger partial charge < -0.3 is 18.4 Å². The zero-order chi connectivity index (χ0) is 54.2. The quantitative estimate of drug-likeness (QED) is 0.0633. The van der Waals surface area contributed by atoms with Crippen LogP contribution in [0.2, 0.25) is 0 Å². The minimum absolute atomic E-state index is 0.362. The molecule has 8 nitrogen and oxygen atoms in total. The van der Waals surface area contributed by atoms with Crippen LogP contribution in [0.1, 0.15) is 51.8 Å². The molecule has 0 saturated carbocycles. The lowest BCUT2D eigenvalue weighted by molar-refractivity contribution is 0.256. The molecule has 384 valence electrons. The number of hydrogen-bond acceptors (Lipinski definition) is 5. The number of pyridine rings is 1. The Bertz CT molecular complexity index is 3870. The van der Waals surface area contributed by atoms with E-state index in [1.165, 1.54) is 0 Å². The van der Waals surface area contributed by atoms with Gasteiger partial charge in [-0.2, -0.15) is 5.26 Å². The summed E-state index contributed by atoms with van der Waals surface area (Å²) in [5.41, 5.74) is 11.3. The van der Waals surface area contributed by atoms with Crippen molar-refractivity contribution >= 4 is 69.0 Å². The second-order valence-corrected chi connectivity index (χ2v) is 20.6. The summed E-state index contributed by atoms with van der Waals surface area (Å²) in [7, 11) is 0. The molecular formula is C69H60B2N6O2. The van der Waals surface area contributed by atoms with E-state index in [-0.39, 0.29) is 0 Å². The van der Waals surface area contributed by atoms with Crippen LogP contribution < -0.4 is 42.0 Å². The van der Waals surface area contributed by atoms with Crippen LogP contribution in [0.25, 0.3) is 49.4 Å². The number of aliphatic imine (C=N–C) groups is 1. The van der Waals surface area contributed by atoms with Crippen LogP contribution in [0.5, 0.6) is 11.5 Å². The Hall–Kier alpha value is -9.37. The van der Waals surface area contributed by atoms with Gasteiger partial charge in [-0.05, 0) is 95.3 Å². The molecular weight excluding hydrogens is 966 g/mol. The third kappa shape index (κ3) is 10.3. The molecule has 0 aliphatic carbocycles. The summed E-state index contributed by atoms with van der Waals surface area (Å²) >= 11 is 0. The van der Waals surface area contributed by atoms with E-state index in [1.54, 1.807) is 6.20 Å². The molecule has 7 aromatic carbocycles. The van der Waals surface area contributed by atoms with Crippen molar-refractivity contribution in [1.82, 2.24) is 13.9 Å². The van der Waals surface area contributed by atoms with Crippen molar-refractivity contribution in [2.75, 3.05) is 13.2 Å². The second-order valence-electron chi connectivity index (χ2n) is 20.6. The maximum absolute atomic E-state index is 12.3. The lowest BCUT2D eigenvalue weighted by Gasteiger charge is -2.24. The monoisotopic (exact) mass is 1030 g/mol. The van der Waals surface area contributed by atoms with E-state index in [1.807, 2.05) is 60.7 Å². The van der Waals surface area contributed by atoms with Crippen molar-refractivity contribution in [3.05, 3.63) is 252 Å². The fraction of sp³-hybridized carbons (Fsp3) is 0.159. The van der Waals surface area contributed by atoms with Crippen molar-refractivity contribution in [3.63, 3.8) is 0 Å². The molecule has 2 unspecified atom stereocenters. The van der Waals surface area contributed by atoms with Gasteiger partial charge in [-0.15, -0.1) is 0 Å². The third-order valence-electron chi connectivity index (χ3n) is 15.3. The summed E-state index contributed by atoms with van der Waals surface area (Å²) < 4.78 is 17.7. The maximum Gasteiger partial charge on any atom is 0.328 e. The number of aromatic nitrogens is 3. The highest BCUT2D eigenvalue weighted by atomic mass is 16.5. The number of ether oxygens (including phenoxy) is 2. The number of fused-ring (bicyclic) bond motifs is 2. The van der Waals surface area contributed by atoms with Crippen LogP contribution in [-0.4, -0.2) is 46.6 Å². The van der Waals surface area contributed by atoms with Crippen LogP contribution in [0.3, 0.4) is 0 Å². The fourth-order valence-corrected chi connectivity index (χ4v) is 10.9. The number of benzene rings is 7. The summed E-state index contributed by atoms with van der Waals surface area (Å²) in [6, 6.07) is 75.6. The van der Waals surface area contributed by atoms with Gasteiger partial charge in [-0.25, -0.2) is 4.85 Å². The Kier molecular flexibility index (Phi) is 15.4. The van der Waals surface area contributed by atoms with Gasteiger partial charge in [-0.3, -0.25) is 9.98 Å². The topological polar surface area (TPSA) is 81.7 Å². The Balaban J connectivity index is 1.44. The molecule has 0 saturated heterocycles. The van der Waals surface area contributed by atoms with Crippen LogP contribution in [0, 0.1) is 29.7 Å². The Morgan fingerprint density at radius 1 is 0.570 bits per heavy atom. The first kappa shape index (κ1) is 51.7. The standard InChI is InChI=1S/C69H60B2N6O2/c1-6-48(3)46-78-57-39-35-50(36-40-57)66-63-64(69(65(73-5)61-34-22-23-43-74-61)77(66)71(55-29-16-10-17-30-55)56-31-18-11-19-32-56)67(51-37-41-58(42-38-51)79-47-49(4)7-2)76(70(53-25-12-8-13-26-53)54-27-14-9-15-28-54)68(63)59(45-72)62-44-52-24-20-21-33-60(52)75-62/h8-43,48-49H,6-7,44,46-47H2,1-4H3/b68-59-,69-65+. The largest absolute Gasteiger partial charge is 0.493 e. The highest BCUT2D eigenvalue weighted by Crippen LogP contribution is 2.38. The van der Waals surface area contributed by atoms with E-state index in [4.69, 9.17) is 19.5 Å². The predicted molar refractivity (Wildman–Crippen MR) is 326 cm³/mol. The Morgan fingerprint density at radius 3 is 1.42 bits per heavy atom. The van der Waals surface area contributed by atoms with E-state index in [2.05, 4.69) is 199 Å². The number of rotatable bonds is 18. The SMILES string of the molecule is [C-]#[N+]/C(c1ccccn1)=c1\c2c(-c3ccc(OCC(C)CC)cc3)n(B(c3ccccc3)c3ccccc3)/c(=C(/C#N)C3=Nc4ccccc4C3)c2c(-c2ccc(OCC(C)CC)cc2)n1B(c1ccccc1)c1ccccc1. The summed E-state index contributed by atoms with van der Waals surface area (Å²) in [5, 5.41) is 15.2. The average Bonchev–Trinajstić information content (AvgIpc) is 4.39. The van der Waals surface area contributed by atoms with Crippen LogP contribution in [-0.2, 0) is 6.42 Å². The van der Waals surface area contributed by atoms with Gasteiger partial charge in [0, 0.05) is 40.1 Å². The first-order chi connectivity index (χ1) is 38.9. The van der Waals surface area contributed by atoms with Crippen LogP contribution >= 0.6 is 0 Å². The van der Waals surface area contributed by atoms with Crippen molar-refractivity contribution in [1.29, 1.82) is 5.26 Å². The molecule has 0 amide bonds. The maximum atomic E-state index is 12.3. The summed E-state index contributed by atoms with van der Waals surface area (Å²) in [5.74, 6) is 2.26. The van der Waals surface area contributed by atoms with E-state index in [9.17, 15) is 11.8 Å². The van der Waals surface area contributed by atoms with Gasteiger partial charge in [0.2, 0.25) is 5.70 Å². The van der Waals surface area contributed by atoms with Gasteiger partial charge in [0.05, 0.1) is 47.8 Å². The first-order valence-electron chi connectivity index (χ1n) is 27.5. The number of nitriles is 1. The predicted octanol–water partition coefficient (Wildman–Crippen LogP) is 11.4. The van der Waals surface area contributed by atoms with E-state index in [0.29, 0.717) is 64.8 Å². The molecule has 79 heavy (non-hydrogen) atoms. The highest BCUT2D eigenvalue weighted by molar-refractivity contribution is 6.85. The fourth-order valence-electron chi connectivity index (χ4n) is 10.9. The van der Waals surface area contributed by atoms with E-state index in [0.717, 1.165) is 90.7 Å². The molecule has 4 heterocycles. The lowest BCUT2D eigenvalue weighted by Crippen LogP contribution is -2.54. The van der Waals surface area contributed by atoms with E-state index < -0.39 is 13.7 Å². The zero-order valence-corrected chi connectivity index (χ0v) is 45.1. The molecule has 10 aromatic rings. The molecule has 0 radical (unpaired) electrons. The Morgan fingerprint density at radius 2 is 1.00 bits per heavy atom. The second kappa shape index (κ2) is 23.5. The van der Waals surface area contributed by atoms with Gasteiger partial charge >= 0.3 is 13.7 Å². The molecule has 3 aromatic heterocycles. The van der Waals surface area contributed by atoms with Crippen LogP contribution in [0.4, 0.5) is 5.69 Å². The van der Waals surface area contributed by atoms with Crippen molar-refractivity contribution in [3.8, 4) is 40.1 Å². The molecule has 1 aliphatic rings. The minimum atomic E-state index is -0.496.